The highest BCUT2D eigenvalue weighted by molar-refractivity contribution is 5.19. The summed E-state index contributed by atoms with van der Waals surface area (Å²) < 4.78 is 0. The smallest absolute Gasteiger partial charge is 0.0202 e. The van der Waals surface area contributed by atoms with Crippen molar-refractivity contribution >= 4 is 0 Å². The van der Waals surface area contributed by atoms with E-state index in [0.717, 1.165) is 17.3 Å². The van der Waals surface area contributed by atoms with Gasteiger partial charge in [0.15, 0.2) is 0 Å². The zero-order valence-corrected chi connectivity index (χ0v) is 17.7. The maximum atomic E-state index is 2.62. The number of fused-ring (bicyclic) bond motifs is 2. The Morgan fingerprint density at radius 3 is 2.04 bits per heavy atom. The third-order valence-electron chi connectivity index (χ3n) is 7.34. The van der Waals surface area contributed by atoms with Crippen LogP contribution in [0.15, 0.2) is 0 Å². The normalized spacial score (nSPS) is 40.7. The van der Waals surface area contributed by atoms with Crippen molar-refractivity contribution in [2.75, 3.05) is 0 Å². The predicted molar refractivity (Wildman–Crippen MR) is 106 cm³/mol. The van der Waals surface area contributed by atoms with Gasteiger partial charge in [0.25, 0.3) is 0 Å². The van der Waals surface area contributed by atoms with Gasteiger partial charge in [0.2, 0.25) is 0 Å². The second kappa shape index (κ2) is 8.39. The van der Waals surface area contributed by atoms with Crippen molar-refractivity contribution in [2.24, 2.45) is 28.1 Å². The summed E-state index contributed by atoms with van der Waals surface area (Å²) in [6.45, 7) is 18.2. The quantitative estimate of drug-likeness (QED) is 0.480. The van der Waals surface area contributed by atoms with Crippen molar-refractivity contribution < 1.29 is 0 Å². The van der Waals surface area contributed by atoms with Crippen molar-refractivity contribution in [2.45, 2.75) is 120 Å². The van der Waals surface area contributed by atoms with Crippen LogP contribution in [0.2, 0.25) is 0 Å². The highest BCUT2D eigenvalue weighted by atomic mass is 14.7. The van der Waals surface area contributed by atoms with E-state index in [1.165, 1.54) is 51.4 Å². The standard InChI is InChI=1S/C19H34.2C2H6/c1-5-11-18(4)14-19(18)13-8-10-15-9-6-7-12-17(2,3)16(15)19;2*1-2/h15-16H,5-14H2,1-4H3;2*1-2H3. The van der Waals surface area contributed by atoms with Crippen LogP contribution in [-0.4, -0.2) is 0 Å². The zero-order valence-electron chi connectivity index (χ0n) is 17.7. The van der Waals surface area contributed by atoms with Gasteiger partial charge in [-0.2, -0.15) is 0 Å². The van der Waals surface area contributed by atoms with Gasteiger partial charge in [-0.25, -0.2) is 0 Å². The van der Waals surface area contributed by atoms with Crippen LogP contribution < -0.4 is 0 Å². The molecule has 0 N–H and O–H groups in total. The van der Waals surface area contributed by atoms with Crippen LogP contribution >= 0.6 is 0 Å². The molecule has 23 heavy (non-hydrogen) atoms. The lowest BCUT2D eigenvalue weighted by molar-refractivity contribution is -0.00119. The first-order valence-electron chi connectivity index (χ1n) is 11.0. The average molecular weight is 323 g/mol. The molecule has 0 radical (unpaired) electrons. The van der Waals surface area contributed by atoms with Gasteiger partial charge in [0, 0.05) is 0 Å². The Bertz CT molecular complexity index is 342. The summed E-state index contributed by atoms with van der Waals surface area (Å²) in [6, 6.07) is 0. The summed E-state index contributed by atoms with van der Waals surface area (Å²) in [7, 11) is 0. The molecule has 138 valence electrons. The van der Waals surface area contributed by atoms with Crippen LogP contribution in [0.4, 0.5) is 0 Å². The lowest BCUT2D eigenvalue weighted by Crippen LogP contribution is -2.41. The molecule has 0 saturated heterocycles. The Hall–Kier alpha value is 0. The highest BCUT2D eigenvalue weighted by Gasteiger charge is 2.70. The minimum Gasteiger partial charge on any atom is -0.0683 e. The van der Waals surface area contributed by atoms with Crippen molar-refractivity contribution in [3.8, 4) is 0 Å². The molecule has 0 heteroatoms. The number of hydrogen-bond acceptors (Lipinski definition) is 0. The Morgan fingerprint density at radius 2 is 1.43 bits per heavy atom. The Labute approximate surface area is 148 Å². The molecule has 0 aromatic rings. The molecular weight excluding hydrogens is 276 g/mol. The Balaban J connectivity index is 0.000000615. The van der Waals surface area contributed by atoms with Crippen molar-refractivity contribution in [1.29, 1.82) is 0 Å². The van der Waals surface area contributed by atoms with Gasteiger partial charge >= 0.3 is 0 Å². The predicted octanol–water partition coefficient (Wildman–Crippen LogP) is 8.25. The minimum absolute atomic E-state index is 0.604. The van der Waals surface area contributed by atoms with Crippen LogP contribution in [0.5, 0.6) is 0 Å². The third-order valence-corrected chi connectivity index (χ3v) is 7.34. The molecule has 1 spiro atoms. The second-order valence-corrected chi connectivity index (χ2v) is 9.01. The van der Waals surface area contributed by atoms with Gasteiger partial charge in [-0.15, -0.1) is 0 Å². The van der Waals surface area contributed by atoms with E-state index in [2.05, 4.69) is 27.7 Å². The third kappa shape index (κ3) is 3.82. The van der Waals surface area contributed by atoms with E-state index in [-0.39, 0.29) is 0 Å². The number of rotatable bonds is 2. The van der Waals surface area contributed by atoms with Gasteiger partial charge in [-0.1, -0.05) is 93.9 Å². The van der Waals surface area contributed by atoms with Crippen LogP contribution in [0.25, 0.3) is 0 Å². The summed E-state index contributed by atoms with van der Waals surface area (Å²) in [5, 5.41) is 0. The van der Waals surface area contributed by atoms with Crippen molar-refractivity contribution in [3.63, 3.8) is 0 Å². The van der Waals surface area contributed by atoms with Crippen LogP contribution in [-0.2, 0) is 0 Å². The first kappa shape index (κ1) is 21.0. The summed E-state index contributed by atoms with van der Waals surface area (Å²) >= 11 is 0. The average Bonchev–Trinajstić information content (AvgIpc) is 3.15. The van der Waals surface area contributed by atoms with Gasteiger partial charge in [0.05, 0.1) is 0 Å². The largest absolute Gasteiger partial charge is 0.0683 e. The van der Waals surface area contributed by atoms with E-state index >= 15 is 0 Å². The van der Waals surface area contributed by atoms with Gasteiger partial charge in [-0.3, -0.25) is 0 Å². The van der Waals surface area contributed by atoms with E-state index in [9.17, 15) is 0 Å². The second-order valence-electron chi connectivity index (χ2n) is 9.01. The number of hydrogen-bond donors (Lipinski definition) is 0. The summed E-state index contributed by atoms with van der Waals surface area (Å²) in [5.74, 6) is 2.10. The maximum Gasteiger partial charge on any atom is -0.0202 e. The first-order valence-corrected chi connectivity index (χ1v) is 11.0. The monoisotopic (exact) mass is 322 g/mol. The molecule has 0 heterocycles. The van der Waals surface area contributed by atoms with E-state index in [4.69, 9.17) is 0 Å². The molecule has 0 aromatic heterocycles. The molecule has 0 aromatic carbocycles. The minimum atomic E-state index is 0.604. The molecule has 3 fully saturated rings. The lowest BCUT2D eigenvalue weighted by atomic mass is 9.56. The van der Waals surface area contributed by atoms with Crippen LogP contribution in [0.1, 0.15) is 120 Å². The van der Waals surface area contributed by atoms with E-state index in [1.807, 2.05) is 27.7 Å². The van der Waals surface area contributed by atoms with Crippen LogP contribution in [0, 0.1) is 28.1 Å². The molecule has 0 nitrogen and oxygen atoms in total. The zero-order chi connectivity index (χ0) is 17.7. The van der Waals surface area contributed by atoms with Gasteiger partial charge in [0.1, 0.15) is 0 Å². The van der Waals surface area contributed by atoms with Gasteiger partial charge < -0.3 is 0 Å². The van der Waals surface area contributed by atoms with E-state index < -0.39 is 0 Å². The molecule has 4 unspecified atom stereocenters. The van der Waals surface area contributed by atoms with Crippen LogP contribution in [0.3, 0.4) is 0 Å². The Kier molecular flexibility index (Phi) is 7.68. The fraction of sp³-hybridized carbons (Fsp3) is 1.00. The van der Waals surface area contributed by atoms with Crippen molar-refractivity contribution in [1.82, 2.24) is 0 Å². The fourth-order valence-corrected chi connectivity index (χ4v) is 6.71. The van der Waals surface area contributed by atoms with Crippen molar-refractivity contribution in [3.05, 3.63) is 0 Å². The molecular formula is C23H46. The molecule has 3 aliphatic carbocycles. The SMILES string of the molecule is CC.CC.CCCC1(C)CC12CCCC1CCCCC(C)(C)C12. The molecule has 3 rings (SSSR count). The molecule has 0 amide bonds. The topological polar surface area (TPSA) is 0 Å². The molecule has 0 aliphatic heterocycles. The molecule has 4 atom stereocenters. The molecule has 0 bridgehead atoms. The molecule has 3 aliphatic rings. The summed E-state index contributed by atoms with van der Waals surface area (Å²) in [5.41, 5.74) is 2.06. The summed E-state index contributed by atoms with van der Waals surface area (Å²) in [4.78, 5) is 0. The van der Waals surface area contributed by atoms with E-state index in [0.29, 0.717) is 10.8 Å². The lowest BCUT2D eigenvalue weighted by Gasteiger charge is -2.49. The Morgan fingerprint density at radius 1 is 0.826 bits per heavy atom. The fourth-order valence-electron chi connectivity index (χ4n) is 6.71. The maximum absolute atomic E-state index is 2.62. The highest BCUT2D eigenvalue weighted by Crippen LogP contribution is 2.78. The summed E-state index contributed by atoms with van der Waals surface area (Å²) in [6.07, 6.45) is 15.0. The van der Waals surface area contributed by atoms with Gasteiger partial charge in [-0.05, 0) is 53.8 Å². The van der Waals surface area contributed by atoms with E-state index in [1.54, 1.807) is 12.8 Å². The molecule has 3 saturated carbocycles. The first-order chi connectivity index (χ1) is 11.0.